The molecule has 0 aromatic rings. The first-order valence-electron chi connectivity index (χ1n) is 6.26. The summed E-state index contributed by atoms with van der Waals surface area (Å²) in [5.41, 5.74) is 0.255. The van der Waals surface area contributed by atoms with Crippen molar-refractivity contribution < 1.29 is 14.7 Å². The number of carbonyl (C=O) groups is 2. The van der Waals surface area contributed by atoms with E-state index in [1.54, 1.807) is 0 Å². The molecule has 0 atom stereocenters. The van der Waals surface area contributed by atoms with Gasteiger partial charge in [-0.3, -0.25) is 4.79 Å². The van der Waals surface area contributed by atoms with Crippen molar-refractivity contribution in [1.82, 2.24) is 10.6 Å². The van der Waals surface area contributed by atoms with E-state index in [2.05, 4.69) is 10.6 Å². The number of amides is 2. The van der Waals surface area contributed by atoms with Gasteiger partial charge in [0.05, 0.1) is 5.41 Å². The fraction of sp³-hybridized carbons (Fsp3) is 0.692. The average Bonchev–Trinajstić information content (AvgIpc) is 2.30. The number of carboxylic acid groups (broad SMARTS) is 1. The van der Waals surface area contributed by atoms with Crippen LogP contribution in [0.4, 0.5) is 4.79 Å². The highest BCUT2D eigenvalue weighted by molar-refractivity contribution is 5.78. The van der Waals surface area contributed by atoms with Gasteiger partial charge in [-0.1, -0.05) is 25.5 Å². The lowest BCUT2D eigenvalue weighted by Gasteiger charge is -2.26. The van der Waals surface area contributed by atoms with Crippen molar-refractivity contribution in [2.45, 2.75) is 40.5 Å². The Hall–Kier alpha value is -1.52. The number of hydrogen-bond donors (Lipinski definition) is 3. The van der Waals surface area contributed by atoms with Gasteiger partial charge in [0.1, 0.15) is 0 Å². The van der Waals surface area contributed by atoms with Gasteiger partial charge in [0.15, 0.2) is 0 Å². The standard InChI is InChI=1S/C13H24N2O3/c1-5-13(6-2,11(16)17)9-15-12(18)14-8-7-10(3)4/h7H,5-6,8-9H2,1-4H3,(H,16,17)(H2,14,15,18). The van der Waals surface area contributed by atoms with E-state index in [-0.39, 0.29) is 12.6 Å². The van der Waals surface area contributed by atoms with Crippen LogP contribution in [-0.2, 0) is 4.79 Å². The van der Waals surface area contributed by atoms with Crippen molar-refractivity contribution in [2.24, 2.45) is 5.41 Å². The highest BCUT2D eigenvalue weighted by Crippen LogP contribution is 2.25. The Morgan fingerprint density at radius 3 is 2.11 bits per heavy atom. The molecule has 0 unspecified atom stereocenters. The summed E-state index contributed by atoms with van der Waals surface area (Å²) in [5.74, 6) is -0.864. The van der Waals surface area contributed by atoms with Crippen LogP contribution in [0.3, 0.4) is 0 Å². The predicted octanol–water partition coefficient (Wildman–Crippen LogP) is 2.14. The molecule has 0 aromatic carbocycles. The summed E-state index contributed by atoms with van der Waals surface area (Å²) >= 11 is 0. The minimum Gasteiger partial charge on any atom is -0.481 e. The summed E-state index contributed by atoms with van der Waals surface area (Å²) < 4.78 is 0. The number of nitrogens with one attached hydrogen (secondary N) is 2. The molecule has 0 saturated heterocycles. The van der Waals surface area contributed by atoms with Crippen molar-refractivity contribution in [3.05, 3.63) is 11.6 Å². The summed E-state index contributed by atoms with van der Waals surface area (Å²) in [6.45, 7) is 8.13. The summed E-state index contributed by atoms with van der Waals surface area (Å²) in [6, 6.07) is -0.333. The highest BCUT2D eigenvalue weighted by Gasteiger charge is 2.34. The van der Waals surface area contributed by atoms with Crippen LogP contribution in [0.25, 0.3) is 0 Å². The zero-order chi connectivity index (χ0) is 14.2. The topological polar surface area (TPSA) is 78.4 Å². The average molecular weight is 256 g/mol. The molecule has 0 heterocycles. The fourth-order valence-electron chi connectivity index (χ4n) is 1.54. The van der Waals surface area contributed by atoms with Crippen molar-refractivity contribution in [1.29, 1.82) is 0 Å². The second kappa shape index (κ2) is 7.74. The van der Waals surface area contributed by atoms with Crippen molar-refractivity contribution in [2.75, 3.05) is 13.1 Å². The normalized spacial score (nSPS) is 10.7. The van der Waals surface area contributed by atoms with Gasteiger partial charge in [-0.25, -0.2) is 4.79 Å². The molecule has 0 aliphatic rings. The Bertz CT molecular complexity index is 316. The lowest BCUT2D eigenvalue weighted by atomic mass is 9.82. The number of carboxylic acids is 1. The molecule has 0 radical (unpaired) electrons. The smallest absolute Gasteiger partial charge is 0.315 e. The number of carbonyl (C=O) groups excluding carboxylic acids is 1. The van der Waals surface area contributed by atoms with Crippen LogP contribution < -0.4 is 10.6 Å². The minimum absolute atomic E-state index is 0.149. The summed E-state index contributed by atoms with van der Waals surface area (Å²) in [6.07, 6.45) is 2.88. The van der Waals surface area contributed by atoms with Gasteiger partial charge < -0.3 is 15.7 Å². The van der Waals surface area contributed by atoms with E-state index >= 15 is 0 Å². The number of aliphatic carboxylic acids is 1. The third-order valence-electron chi connectivity index (χ3n) is 3.17. The van der Waals surface area contributed by atoms with Crippen LogP contribution in [0.1, 0.15) is 40.5 Å². The molecule has 3 N–H and O–H groups in total. The summed E-state index contributed by atoms with van der Waals surface area (Å²) in [5, 5.41) is 14.5. The zero-order valence-electron chi connectivity index (χ0n) is 11.7. The first-order valence-corrected chi connectivity index (χ1v) is 6.26. The minimum atomic E-state index is -0.867. The number of hydrogen-bond acceptors (Lipinski definition) is 2. The van der Waals surface area contributed by atoms with E-state index in [9.17, 15) is 14.7 Å². The Kier molecular flexibility index (Phi) is 7.08. The monoisotopic (exact) mass is 256 g/mol. The van der Waals surface area contributed by atoms with Crippen LogP contribution in [0.15, 0.2) is 11.6 Å². The van der Waals surface area contributed by atoms with Gasteiger partial charge in [0.25, 0.3) is 0 Å². The second-order valence-electron chi connectivity index (χ2n) is 4.64. The highest BCUT2D eigenvalue weighted by atomic mass is 16.4. The molecule has 104 valence electrons. The van der Waals surface area contributed by atoms with Gasteiger partial charge in [0.2, 0.25) is 0 Å². The molecule has 0 aliphatic heterocycles. The molecule has 2 amide bonds. The molecule has 0 aliphatic carbocycles. The largest absolute Gasteiger partial charge is 0.481 e. The van der Waals surface area contributed by atoms with Gasteiger partial charge in [-0.05, 0) is 26.7 Å². The van der Waals surface area contributed by atoms with Crippen LogP contribution >= 0.6 is 0 Å². The van der Waals surface area contributed by atoms with Crippen LogP contribution in [0, 0.1) is 5.41 Å². The van der Waals surface area contributed by atoms with Gasteiger partial charge in [-0.2, -0.15) is 0 Å². The van der Waals surface area contributed by atoms with E-state index in [4.69, 9.17) is 0 Å². The molecule has 0 bridgehead atoms. The number of allylic oxidation sites excluding steroid dienone is 1. The third-order valence-corrected chi connectivity index (χ3v) is 3.17. The molecule has 5 heteroatoms. The molecular formula is C13H24N2O3. The Balaban J connectivity index is 4.24. The van der Waals surface area contributed by atoms with Crippen LogP contribution in [-0.4, -0.2) is 30.2 Å². The van der Waals surface area contributed by atoms with E-state index in [0.717, 1.165) is 5.57 Å². The third kappa shape index (κ3) is 5.21. The molecule has 0 spiro atoms. The summed E-state index contributed by atoms with van der Waals surface area (Å²) in [7, 11) is 0. The molecule has 18 heavy (non-hydrogen) atoms. The maximum atomic E-state index is 11.5. The van der Waals surface area contributed by atoms with Gasteiger partial charge in [0, 0.05) is 13.1 Å². The lowest BCUT2D eigenvalue weighted by Crippen LogP contribution is -2.45. The zero-order valence-corrected chi connectivity index (χ0v) is 11.7. The maximum absolute atomic E-state index is 11.5. The van der Waals surface area contributed by atoms with Gasteiger partial charge >= 0.3 is 12.0 Å². The van der Waals surface area contributed by atoms with E-state index in [1.807, 2.05) is 33.8 Å². The quantitative estimate of drug-likeness (QED) is 0.611. The number of rotatable bonds is 7. The number of urea groups is 1. The molecule has 0 aromatic heterocycles. The maximum Gasteiger partial charge on any atom is 0.315 e. The first-order chi connectivity index (χ1) is 8.38. The second-order valence-corrected chi connectivity index (χ2v) is 4.64. The Labute approximate surface area is 109 Å². The van der Waals surface area contributed by atoms with E-state index in [1.165, 1.54) is 0 Å². The van der Waals surface area contributed by atoms with Crippen molar-refractivity contribution in [3.63, 3.8) is 0 Å². The van der Waals surface area contributed by atoms with Crippen molar-refractivity contribution >= 4 is 12.0 Å². The summed E-state index contributed by atoms with van der Waals surface area (Å²) in [4.78, 5) is 22.7. The van der Waals surface area contributed by atoms with Gasteiger partial charge in [-0.15, -0.1) is 0 Å². The van der Waals surface area contributed by atoms with E-state index in [0.29, 0.717) is 19.4 Å². The SMILES string of the molecule is CCC(CC)(CNC(=O)NCC=C(C)C)C(=O)O. The molecule has 0 saturated carbocycles. The molecule has 0 rings (SSSR count). The van der Waals surface area contributed by atoms with Crippen LogP contribution in [0.5, 0.6) is 0 Å². The molecular weight excluding hydrogens is 232 g/mol. The first kappa shape index (κ1) is 16.5. The lowest BCUT2D eigenvalue weighted by molar-refractivity contribution is -0.149. The Morgan fingerprint density at radius 2 is 1.72 bits per heavy atom. The Morgan fingerprint density at radius 1 is 1.17 bits per heavy atom. The predicted molar refractivity (Wildman–Crippen MR) is 71.5 cm³/mol. The fourth-order valence-corrected chi connectivity index (χ4v) is 1.54. The van der Waals surface area contributed by atoms with Crippen LogP contribution in [0.2, 0.25) is 0 Å². The molecule has 0 fully saturated rings. The van der Waals surface area contributed by atoms with E-state index < -0.39 is 11.4 Å². The van der Waals surface area contributed by atoms with Crippen molar-refractivity contribution in [3.8, 4) is 0 Å². The molecule has 5 nitrogen and oxygen atoms in total.